The molecule has 0 aliphatic heterocycles. The highest BCUT2D eigenvalue weighted by Crippen LogP contribution is 2.22. The van der Waals surface area contributed by atoms with E-state index in [0.717, 1.165) is 17.7 Å². The molecular formula is C17H19NO3. The number of hydrogen-bond donors (Lipinski definition) is 2. The van der Waals surface area contributed by atoms with Crippen molar-refractivity contribution in [2.24, 2.45) is 0 Å². The van der Waals surface area contributed by atoms with E-state index >= 15 is 0 Å². The maximum atomic E-state index is 10.8. The Balaban J connectivity index is 1.77. The molecule has 0 bridgehead atoms. The summed E-state index contributed by atoms with van der Waals surface area (Å²) < 4.78 is 5.62. The number of hydroxylamine groups is 1. The molecule has 2 rings (SSSR count). The van der Waals surface area contributed by atoms with Gasteiger partial charge in [0, 0.05) is 6.42 Å². The van der Waals surface area contributed by atoms with Crippen LogP contribution in [0.4, 0.5) is 0 Å². The second-order valence-corrected chi connectivity index (χ2v) is 4.73. The maximum absolute atomic E-state index is 10.8. The topological polar surface area (TPSA) is 58.6 Å². The first-order chi connectivity index (χ1) is 10.3. The average molecular weight is 285 g/mol. The van der Waals surface area contributed by atoms with E-state index in [4.69, 9.17) is 9.94 Å². The molecule has 0 aliphatic carbocycles. The highest BCUT2D eigenvalue weighted by atomic mass is 16.5. The minimum absolute atomic E-state index is 0.312. The highest BCUT2D eigenvalue weighted by Gasteiger charge is 2.00. The normalized spacial score (nSPS) is 10.1. The van der Waals surface area contributed by atoms with Gasteiger partial charge < -0.3 is 4.74 Å². The van der Waals surface area contributed by atoms with E-state index in [0.29, 0.717) is 19.4 Å². The van der Waals surface area contributed by atoms with Gasteiger partial charge in [-0.3, -0.25) is 10.0 Å². The van der Waals surface area contributed by atoms with Crippen LogP contribution in [0.15, 0.2) is 54.6 Å². The van der Waals surface area contributed by atoms with Gasteiger partial charge in [0.2, 0.25) is 5.91 Å². The van der Waals surface area contributed by atoms with E-state index in [9.17, 15) is 4.79 Å². The fraction of sp³-hybridized carbons (Fsp3) is 0.235. The Bertz CT molecular complexity index is 552. The molecule has 4 nitrogen and oxygen atoms in total. The zero-order valence-corrected chi connectivity index (χ0v) is 11.8. The molecule has 0 saturated heterocycles. The van der Waals surface area contributed by atoms with Crippen LogP contribution < -0.4 is 10.2 Å². The van der Waals surface area contributed by atoms with E-state index in [1.54, 1.807) is 5.48 Å². The number of rotatable bonds is 7. The number of unbranched alkanes of at least 4 members (excludes halogenated alkanes) is 1. The van der Waals surface area contributed by atoms with Gasteiger partial charge in [-0.05, 0) is 36.1 Å². The highest BCUT2D eigenvalue weighted by molar-refractivity contribution is 5.74. The third-order valence-electron chi connectivity index (χ3n) is 3.15. The molecule has 0 heterocycles. The molecule has 0 aromatic heterocycles. The third-order valence-corrected chi connectivity index (χ3v) is 3.15. The molecule has 4 heteroatoms. The molecular weight excluding hydrogens is 266 g/mol. The summed E-state index contributed by atoms with van der Waals surface area (Å²) in [6.07, 6.45) is 1.77. The second-order valence-electron chi connectivity index (χ2n) is 4.73. The van der Waals surface area contributed by atoms with Crippen molar-refractivity contribution in [1.82, 2.24) is 5.48 Å². The van der Waals surface area contributed by atoms with E-state index in [1.165, 1.54) is 5.56 Å². The molecule has 0 aliphatic rings. The predicted octanol–water partition coefficient (Wildman–Crippen LogP) is 3.41. The zero-order valence-electron chi connectivity index (χ0n) is 11.8. The Hall–Kier alpha value is -2.33. The number of carbonyl (C=O) groups excluding carboxylic acids is 1. The Morgan fingerprint density at radius 3 is 2.29 bits per heavy atom. The molecule has 110 valence electrons. The van der Waals surface area contributed by atoms with Crippen molar-refractivity contribution in [3.63, 3.8) is 0 Å². The van der Waals surface area contributed by atoms with Gasteiger partial charge in [-0.15, -0.1) is 0 Å². The van der Waals surface area contributed by atoms with Crippen LogP contribution in [0.25, 0.3) is 11.1 Å². The summed E-state index contributed by atoms with van der Waals surface area (Å²) in [5.74, 6) is 0.462. The summed E-state index contributed by atoms with van der Waals surface area (Å²) in [5.41, 5.74) is 3.95. The van der Waals surface area contributed by atoms with Crippen molar-refractivity contribution < 1.29 is 14.7 Å². The summed E-state index contributed by atoms with van der Waals surface area (Å²) in [6.45, 7) is 0.559. The van der Waals surface area contributed by atoms with Gasteiger partial charge in [0.1, 0.15) is 5.75 Å². The van der Waals surface area contributed by atoms with E-state index in [2.05, 4.69) is 12.1 Å². The van der Waals surface area contributed by atoms with Crippen LogP contribution in [0.2, 0.25) is 0 Å². The minimum Gasteiger partial charge on any atom is -0.494 e. The summed E-state index contributed by atoms with van der Waals surface area (Å²) in [6, 6.07) is 18.1. The quantitative estimate of drug-likeness (QED) is 0.465. The van der Waals surface area contributed by atoms with Crippen LogP contribution in [0.1, 0.15) is 19.3 Å². The minimum atomic E-state index is -0.359. The molecule has 2 N–H and O–H groups in total. The van der Waals surface area contributed by atoms with Gasteiger partial charge in [0.25, 0.3) is 0 Å². The van der Waals surface area contributed by atoms with Crippen molar-refractivity contribution in [2.45, 2.75) is 19.3 Å². The zero-order chi connectivity index (χ0) is 14.9. The molecule has 0 radical (unpaired) electrons. The Labute approximate surface area is 124 Å². The van der Waals surface area contributed by atoms with Gasteiger partial charge >= 0.3 is 0 Å². The number of carbonyl (C=O) groups is 1. The molecule has 21 heavy (non-hydrogen) atoms. The van der Waals surface area contributed by atoms with Crippen LogP contribution in [-0.2, 0) is 4.79 Å². The van der Waals surface area contributed by atoms with Gasteiger partial charge in [0.05, 0.1) is 6.61 Å². The summed E-state index contributed by atoms with van der Waals surface area (Å²) in [4.78, 5) is 10.8. The number of benzene rings is 2. The molecule has 0 saturated carbocycles. The van der Waals surface area contributed by atoms with Crippen LogP contribution >= 0.6 is 0 Å². The predicted molar refractivity (Wildman–Crippen MR) is 81.2 cm³/mol. The maximum Gasteiger partial charge on any atom is 0.243 e. The fourth-order valence-electron chi connectivity index (χ4n) is 2.01. The van der Waals surface area contributed by atoms with Crippen LogP contribution in [0.3, 0.4) is 0 Å². The summed E-state index contributed by atoms with van der Waals surface area (Å²) in [7, 11) is 0. The molecule has 0 unspecified atom stereocenters. The molecule has 0 spiro atoms. The lowest BCUT2D eigenvalue weighted by molar-refractivity contribution is -0.129. The molecule has 0 fully saturated rings. The summed E-state index contributed by atoms with van der Waals surface area (Å²) in [5, 5.41) is 8.36. The van der Waals surface area contributed by atoms with Crippen LogP contribution in [0.5, 0.6) is 5.75 Å². The van der Waals surface area contributed by atoms with Crippen LogP contribution in [-0.4, -0.2) is 17.7 Å². The number of amides is 1. The smallest absolute Gasteiger partial charge is 0.243 e. The van der Waals surface area contributed by atoms with Gasteiger partial charge in [-0.2, -0.15) is 0 Å². The summed E-state index contributed by atoms with van der Waals surface area (Å²) >= 11 is 0. The van der Waals surface area contributed by atoms with Crippen molar-refractivity contribution in [2.75, 3.05) is 6.61 Å². The lowest BCUT2D eigenvalue weighted by Gasteiger charge is -2.07. The number of nitrogens with one attached hydrogen (secondary N) is 1. The first kappa shape index (κ1) is 15.1. The van der Waals surface area contributed by atoms with Crippen molar-refractivity contribution >= 4 is 5.91 Å². The number of ether oxygens (including phenoxy) is 1. The standard InChI is InChI=1S/C17H19NO3/c19-17(18-20)8-4-5-13-21-16-11-9-15(10-12-16)14-6-2-1-3-7-14/h1-3,6-7,9-12,20H,4-5,8,13H2,(H,18,19). The Kier molecular flexibility index (Phi) is 5.79. The van der Waals surface area contributed by atoms with Crippen molar-refractivity contribution in [3.8, 4) is 16.9 Å². The van der Waals surface area contributed by atoms with Crippen molar-refractivity contribution in [1.29, 1.82) is 0 Å². The fourth-order valence-corrected chi connectivity index (χ4v) is 2.01. The molecule has 2 aromatic rings. The van der Waals surface area contributed by atoms with Gasteiger partial charge in [-0.25, -0.2) is 5.48 Å². The number of hydrogen-bond acceptors (Lipinski definition) is 3. The lowest BCUT2D eigenvalue weighted by atomic mass is 10.1. The van der Waals surface area contributed by atoms with E-state index < -0.39 is 0 Å². The van der Waals surface area contributed by atoms with Crippen molar-refractivity contribution in [3.05, 3.63) is 54.6 Å². The van der Waals surface area contributed by atoms with Gasteiger partial charge in [0.15, 0.2) is 0 Å². The first-order valence-electron chi connectivity index (χ1n) is 7.01. The molecule has 0 atom stereocenters. The molecule has 2 aromatic carbocycles. The van der Waals surface area contributed by atoms with Gasteiger partial charge in [-0.1, -0.05) is 42.5 Å². The van der Waals surface area contributed by atoms with Crippen LogP contribution in [0, 0.1) is 0 Å². The SMILES string of the molecule is O=C(CCCCOc1ccc(-c2ccccc2)cc1)NO. The lowest BCUT2D eigenvalue weighted by Crippen LogP contribution is -2.18. The third kappa shape index (κ3) is 4.93. The Morgan fingerprint density at radius 2 is 1.62 bits per heavy atom. The monoisotopic (exact) mass is 285 g/mol. The Morgan fingerprint density at radius 1 is 0.952 bits per heavy atom. The van der Waals surface area contributed by atoms with E-state index in [-0.39, 0.29) is 5.91 Å². The van der Waals surface area contributed by atoms with E-state index in [1.807, 2.05) is 42.5 Å². The molecule has 1 amide bonds. The largest absolute Gasteiger partial charge is 0.494 e. The average Bonchev–Trinajstić information content (AvgIpc) is 2.55. The first-order valence-corrected chi connectivity index (χ1v) is 7.01. The second kappa shape index (κ2) is 8.07.